The molecule has 0 aliphatic rings. The Morgan fingerprint density at radius 3 is 2.85 bits per heavy atom. The number of anilines is 1. The lowest BCUT2D eigenvalue weighted by atomic mass is 10.1. The molecule has 0 amide bonds. The van der Waals surface area contributed by atoms with Crippen molar-refractivity contribution in [1.29, 1.82) is 0 Å². The van der Waals surface area contributed by atoms with Gasteiger partial charge in [0.25, 0.3) is 0 Å². The quantitative estimate of drug-likeness (QED) is 0.792. The minimum absolute atomic E-state index is 0.697. The number of hydrogen-bond acceptors (Lipinski definition) is 4. The van der Waals surface area contributed by atoms with E-state index >= 15 is 0 Å². The van der Waals surface area contributed by atoms with Crippen LogP contribution in [0.4, 0.5) is 5.82 Å². The van der Waals surface area contributed by atoms with Crippen molar-refractivity contribution in [3.63, 3.8) is 0 Å². The fraction of sp³-hybridized carbons (Fsp3) is 0.133. The highest BCUT2D eigenvalue weighted by atomic mass is 79.9. The van der Waals surface area contributed by atoms with Crippen LogP contribution in [-0.2, 0) is 0 Å². The fourth-order valence-electron chi connectivity index (χ4n) is 2.08. The maximum atomic E-state index is 4.59. The van der Waals surface area contributed by atoms with Gasteiger partial charge in [-0.15, -0.1) is 0 Å². The standard InChI is InChI=1S/C15H13BrN4/c1-2-17-15-12(16)9-19-14(20-15)11-7-8-18-13-6-4-3-5-10(11)13/h3-9H,2H2,1H3,(H,17,19,20). The lowest BCUT2D eigenvalue weighted by molar-refractivity contribution is 1.11. The minimum Gasteiger partial charge on any atom is -0.369 e. The van der Waals surface area contributed by atoms with Gasteiger partial charge < -0.3 is 5.32 Å². The molecular weight excluding hydrogens is 316 g/mol. The third kappa shape index (κ3) is 2.36. The molecule has 0 saturated heterocycles. The average molecular weight is 329 g/mol. The number of pyridine rings is 1. The fourth-order valence-corrected chi connectivity index (χ4v) is 2.41. The highest BCUT2D eigenvalue weighted by molar-refractivity contribution is 9.10. The van der Waals surface area contributed by atoms with Gasteiger partial charge in [-0.2, -0.15) is 0 Å². The second-order valence-electron chi connectivity index (χ2n) is 4.30. The summed E-state index contributed by atoms with van der Waals surface area (Å²) in [6.45, 7) is 2.85. The van der Waals surface area contributed by atoms with Gasteiger partial charge in [-0.1, -0.05) is 18.2 Å². The van der Waals surface area contributed by atoms with Gasteiger partial charge in [-0.3, -0.25) is 4.98 Å². The molecule has 5 heteroatoms. The van der Waals surface area contributed by atoms with Gasteiger partial charge in [0.2, 0.25) is 0 Å². The van der Waals surface area contributed by atoms with Crippen molar-refractivity contribution >= 4 is 32.7 Å². The van der Waals surface area contributed by atoms with Crippen LogP contribution >= 0.6 is 15.9 Å². The minimum atomic E-state index is 0.697. The molecule has 0 aliphatic heterocycles. The number of rotatable bonds is 3. The lowest BCUT2D eigenvalue weighted by Crippen LogP contribution is -2.02. The molecule has 2 heterocycles. The van der Waals surface area contributed by atoms with Crippen molar-refractivity contribution in [3.05, 3.63) is 47.2 Å². The summed E-state index contributed by atoms with van der Waals surface area (Å²) >= 11 is 3.45. The van der Waals surface area contributed by atoms with E-state index in [1.807, 2.05) is 37.3 Å². The van der Waals surface area contributed by atoms with Gasteiger partial charge >= 0.3 is 0 Å². The van der Waals surface area contributed by atoms with Crippen LogP contribution < -0.4 is 5.32 Å². The van der Waals surface area contributed by atoms with E-state index in [2.05, 4.69) is 36.2 Å². The van der Waals surface area contributed by atoms with Gasteiger partial charge in [-0.05, 0) is 35.0 Å². The number of para-hydroxylation sites is 1. The third-order valence-corrected chi connectivity index (χ3v) is 3.56. The van der Waals surface area contributed by atoms with Crippen LogP contribution in [0.2, 0.25) is 0 Å². The van der Waals surface area contributed by atoms with E-state index in [9.17, 15) is 0 Å². The second-order valence-corrected chi connectivity index (χ2v) is 5.15. The van der Waals surface area contributed by atoms with Crippen molar-refractivity contribution < 1.29 is 0 Å². The molecule has 0 fully saturated rings. The normalized spacial score (nSPS) is 10.7. The van der Waals surface area contributed by atoms with Gasteiger partial charge in [0.1, 0.15) is 5.82 Å². The predicted molar refractivity (Wildman–Crippen MR) is 84.6 cm³/mol. The largest absolute Gasteiger partial charge is 0.369 e. The number of benzene rings is 1. The Kier molecular flexibility index (Phi) is 3.60. The zero-order valence-corrected chi connectivity index (χ0v) is 12.6. The Morgan fingerprint density at radius 2 is 2.00 bits per heavy atom. The van der Waals surface area contributed by atoms with Crippen LogP contribution in [0.5, 0.6) is 0 Å². The Morgan fingerprint density at radius 1 is 1.15 bits per heavy atom. The number of fused-ring (bicyclic) bond motifs is 1. The number of nitrogens with zero attached hydrogens (tertiary/aromatic N) is 3. The maximum Gasteiger partial charge on any atom is 0.162 e. The highest BCUT2D eigenvalue weighted by Crippen LogP contribution is 2.27. The zero-order valence-electron chi connectivity index (χ0n) is 11.0. The summed E-state index contributed by atoms with van der Waals surface area (Å²) in [5, 5.41) is 4.28. The lowest BCUT2D eigenvalue weighted by Gasteiger charge is -2.08. The van der Waals surface area contributed by atoms with Crippen LogP contribution in [0, 0.1) is 0 Å². The van der Waals surface area contributed by atoms with Crippen molar-refractivity contribution in [2.24, 2.45) is 0 Å². The number of halogens is 1. The first-order valence-corrected chi connectivity index (χ1v) is 7.19. The van der Waals surface area contributed by atoms with Crippen LogP contribution in [0.15, 0.2) is 47.2 Å². The molecule has 3 rings (SSSR count). The molecule has 0 unspecified atom stereocenters. The number of aromatic nitrogens is 3. The molecule has 0 atom stereocenters. The summed E-state index contributed by atoms with van der Waals surface area (Å²) < 4.78 is 0.862. The molecule has 20 heavy (non-hydrogen) atoms. The summed E-state index contributed by atoms with van der Waals surface area (Å²) in [5.41, 5.74) is 1.93. The van der Waals surface area contributed by atoms with E-state index < -0.39 is 0 Å². The van der Waals surface area contributed by atoms with Crippen LogP contribution in [0.25, 0.3) is 22.3 Å². The van der Waals surface area contributed by atoms with E-state index in [0.717, 1.165) is 33.3 Å². The topological polar surface area (TPSA) is 50.7 Å². The van der Waals surface area contributed by atoms with Gasteiger partial charge in [0, 0.05) is 29.9 Å². The Balaban J connectivity index is 2.18. The number of nitrogens with one attached hydrogen (secondary N) is 1. The summed E-state index contributed by atoms with van der Waals surface area (Å²) in [7, 11) is 0. The molecular formula is C15H13BrN4. The van der Waals surface area contributed by atoms with Crippen LogP contribution in [0.3, 0.4) is 0 Å². The SMILES string of the molecule is CCNc1nc(-c2ccnc3ccccc23)ncc1Br. The molecule has 0 bridgehead atoms. The number of hydrogen-bond donors (Lipinski definition) is 1. The molecule has 4 nitrogen and oxygen atoms in total. The smallest absolute Gasteiger partial charge is 0.162 e. The van der Waals surface area contributed by atoms with Crippen molar-refractivity contribution in [3.8, 4) is 11.4 Å². The first-order chi connectivity index (χ1) is 9.79. The monoisotopic (exact) mass is 328 g/mol. The summed E-state index contributed by atoms with van der Waals surface area (Å²) in [5.74, 6) is 1.50. The molecule has 100 valence electrons. The molecule has 1 N–H and O–H groups in total. The van der Waals surface area contributed by atoms with E-state index in [0.29, 0.717) is 5.82 Å². The molecule has 0 radical (unpaired) electrons. The zero-order chi connectivity index (χ0) is 13.9. The molecule has 0 spiro atoms. The van der Waals surface area contributed by atoms with Gasteiger partial charge in [0.05, 0.1) is 9.99 Å². The highest BCUT2D eigenvalue weighted by Gasteiger charge is 2.09. The Bertz CT molecular complexity index is 752. The third-order valence-electron chi connectivity index (χ3n) is 2.98. The first kappa shape index (κ1) is 13.0. The predicted octanol–water partition coefficient (Wildman–Crippen LogP) is 3.89. The van der Waals surface area contributed by atoms with Crippen molar-refractivity contribution in [2.75, 3.05) is 11.9 Å². The first-order valence-electron chi connectivity index (χ1n) is 6.40. The van der Waals surface area contributed by atoms with Crippen LogP contribution in [0.1, 0.15) is 6.92 Å². The van der Waals surface area contributed by atoms with Gasteiger partial charge in [0.15, 0.2) is 5.82 Å². The van der Waals surface area contributed by atoms with E-state index in [1.54, 1.807) is 12.4 Å². The average Bonchev–Trinajstić information content (AvgIpc) is 2.49. The molecule has 0 saturated carbocycles. The van der Waals surface area contributed by atoms with E-state index in [4.69, 9.17) is 0 Å². The second kappa shape index (κ2) is 5.54. The van der Waals surface area contributed by atoms with E-state index in [1.165, 1.54) is 0 Å². The molecule has 0 aliphatic carbocycles. The van der Waals surface area contributed by atoms with Crippen LogP contribution in [-0.4, -0.2) is 21.5 Å². The van der Waals surface area contributed by atoms with E-state index in [-0.39, 0.29) is 0 Å². The Hall–Kier alpha value is -2.01. The molecule has 1 aromatic carbocycles. The Labute approximate surface area is 125 Å². The summed E-state index contributed by atoms with van der Waals surface area (Å²) in [4.78, 5) is 13.4. The van der Waals surface area contributed by atoms with Crippen molar-refractivity contribution in [2.45, 2.75) is 6.92 Å². The molecule has 2 aromatic heterocycles. The van der Waals surface area contributed by atoms with Crippen molar-refractivity contribution in [1.82, 2.24) is 15.0 Å². The summed E-state index contributed by atoms with van der Waals surface area (Å²) in [6.07, 6.45) is 3.56. The summed E-state index contributed by atoms with van der Waals surface area (Å²) in [6, 6.07) is 9.95. The van der Waals surface area contributed by atoms with Gasteiger partial charge in [-0.25, -0.2) is 9.97 Å². The molecule has 3 aromatic rings. The maximum absolute atomic E-state index is 4.59.